The zero-order chi connectivity index (χ0) is 8.91. The Morgan fingerprint density at radius 2 is 2.17 bits per heavy atom. The molecule has 5 nitrogen and oxygen atoms in total. The maximum absolute atomic E-state index is 10.7. The number of hydrogen-bond donors (Lipinski definition) is 1. The Morgan fingerprint density at radius 3 is 2.50 bits per heavy atom. The SMILES string of the molecule is CCCOP(=O)([O-])C(=O)NC.[Na+]. The molecule has 0 aliphatic heterocycles. The van der Waals surface area contributed by atoms with Gasteiger partial charge in [0.2, 0.25) is 7.60 Å². The van der Waals surface area contributed by atoms with Gasteiger partial charge in [-0.25, -0.2) is 0 Å². The van der Waals surface area contributed by atoms with Gasteiger partial charge in [-0.1, -0.05) is 6.92 Å². The minimum absolute atomic E-state index is 0. The van der Waals surface area contributed by atoms with Crippen LogP contribution in [0.5, 0.6) is 0 Å². The van der Waals surface area contributed by atoms with Crippen LogP contribution in [-0.4, -0.2) is 19.3 Å². The number of carbonyl (C=O) groups excluding carboxylic acids is 1. The Kier molecular flexibility index (Phi) is 8.89. The van der Waals surface area contributed by atoms with E-state index in [1.165, 1.54) is 7.05 Å². The van der Waals surface area contributed by atoms with Crippen molar-refractivity contribution >= 4 is 13.2 Å². The zero-order valence-corrected chi connectivity index (χ0v) is 10.4. The van der Waals surface area contributed by atoms with Crippen LogP contribution in [0.15, 0.2) is 0 Å². The van der Waals surface area contributed by atoms with E-state index in [-0.39, 0.29) is 36.2 Å². The molecule has 0 heterocycles. The van der Waals surface area contributed by atoms with Crippen molar-refractivity contribution in [2.24, 2.45) is 0 Å². The summed E-state index contributed by atoms with van der Waals surface area (Å²) >= 11 is 0. The van der Waals surface area contributed by atoms with Crippen molar-refractivity contribution in [2.45, 2.75) is 13.3 Å². The molecular weight excluding hydrogens is 192 g/mol. The first kappa shape index (κ1) is 15.1. The maximum Gasteiger partial charge on any atom is 1.00 e. The Morgan fingerprint density at radius 1 is 1.67 bits per heavy atom. The molecule has 1 amide bonds. The van der Waals surface area contributed by atoms with Crippen LogP contribution >= 0.6 is 7.60 Å². The van der Waals surface area contributed by atoms with E-state index in [0.29, 0.717) is 6.42 Å². The van der Waals surface area contributed by atoms with Crippen molar-refractivity contribution in [3.8, 4) is 0 Å². The molecule has 0 bridgehead atoms. The van der Waals surface area contributed by atoms with Crippen LogP contribution in [0.3, 0.4) is 0 Å². The van der Waals surface area contributed by atoms with Crippen LogP contribution in [0.2, 0.25) is 0 Å². The van der Waals surface area contributed by atoms with E-state index >= 15 is 0 Å². The van der Waals surface area contributed by atoms with E-state index in [4.69, 9.17) is 0 Å². The third kappa shape index (κ3) is 5.30. The summed E-state index contributed by atoms with van der Waals surface area (Å²) in [4.78, 5) is 21.2. The van der Waals surface area contributed by atoms with Gasteiger partial charge in [-0.2, -0.15) is 0 Å². The predicted molar refractivity (Wildman–Crippen MR) is 38.3 cm³/mol. The van der Waals surface area contributed by atoms with Crippen LogP contribution in [0.1, 0.15) is 13.3 Å². The number of hydrogen-bond acceptors (Lipinski definition) is 4. The summed E-state index contributed by atoms with van der Waals surface area (Å²) in [6.07, 6.45) is 0.559. The minimum Gasteiger partial charge on any atom is -0.772 e. The van der Waals surface area contributed by atoms with Crippen molar-refractivity contribution in [3.63, 3.8) is 0 Å². The minimum atomic E-state index is -4.30. The fourth-order valence-corrected chi connectivity index (χ4v) is 1.22. The third-order valence-corrected chi connectivity index (χ3v) is 2.17. The van der Waals surface area contributed by atoms with Gasteiger partial charge in [0.05, 0.1) is 6.61 Å². The van der Waals surface area contributed by atoms with Gasteiger partial charge in [-0.15, -0.1) is 0 Å². The fourth-order valence-electron chi connectivity index (χ4n) is 0.407. The van der Waals surface area contributed by atoms with E-state index in [1.807, 2.05) is 5.32 Å². The quantitative estimate of drug-likeness (QED) is 0.398. The second-order valence-electron chi connectivity index (χ2n) is 1.89. The van der Waals surface area contributed by atoms with Crippen LogP contribution in [-0.2, 0) is 9.09 Å². The molecule has 0 rings (SSSR count). The standard InChI is InChI=1S/C5H12NO4P.Na/c1-3-4-10-11(8,9)5(7)6-2;/h3-4H2,1-2H3,(H,6,7)(H,8,9);/q;+1/p-1. The molecule has 0 radical (unpaired) electrons. The van der Waals surface area contributed by atoms with Crippen LogP contribution in [0.25, 0.3) is 0 Å². The normalized spacial score (nSPS) is 14.2. The number of nitrogens with one attached hydrogen (secondary N) is 1. The average Bonchev–Trinajstić information content (AvgIpc) is 1.99. The van der Waals surface area contributed by atoms with Gasteiger partial charge in [-0.05, 0) is 6.42 Å². The molecule has 0 aromatic rings. The second kappa shape index (κ2) is 7.06. The van der Waals surface area contributed by atoms with E-state index < -0.39 is 13.2 Å². The Labute approximate surface area is 93.7 Å². The summed E-state index contributed by atoms with van der Waals surface area (Å²) in [7, 11) is -3.06. The molecule has 0 aromatic heterocycles. The molecule has 66 valence electrons. The number of carbonyl (C=O) groups is 1. The van der Waals surface area contributed by atoms with Crippen molar-refractivity contribution in [1.29, 1.82) is 0 Å². The van der Waals surface area contributed by atoms with Gasteiger partial charge in [-0.3, -0.25) is 9.36 Å². The molecule has 0 aromatic carbocycles. The summed E-state index contributed by atoms with van der Waals surface area (Å²) in [5.41, 5.74) is -1.08. The average molecular weight is 203 g/mol. The molecule has 0 aliphatic carbocycles. The molecule has 7 heteroatoms. The molecule has 1 N–H and O–H groups in total. The number of amides is 1. The van der Waals surface area contributed by atoms with E-state index in [2.05, 4.69) is 4.52 Å². The first-order chi connectivity index (χ1) is 5.04. The topological polar surface area (TPSA) is 78.5 Å². The summed E-state index contributed by atoms with van der Waals surface area (Å²) < 4.78 is 15.0. The van der Waals surface area contributed by atoms with Crippen molar-refractivity contribution in [3.05, 3.63) is 0 Å². The molecule has 1 atom stereocenters. The summed E-state index contributed by atoms with van der Waals surface area (Å²) in [5, 5.41) is 1.97. The first-order valence-corrected chi connectivity index (χ1v) is 4.76. The summed E-state index contributed by atoms with van der Waals surface area (Å²) in [5.74, 6) is 0. The largest absolute Gasteiger partial charge is 1.00 e. The van der Waals surface area contributed by atoms with E-state index in [0.717, 1.165) is 0 Å². The van der Waals surface area contributed by atoms with Gasteiger partial charge in [0.25, 0.3) is 5.65 Å². The van der Waals surface area contributed by atoms with Gasteiger partial charge in [0.1, 0.15) is 0 Å². The van der Waals surface area contributed by atoms with Crippen molar-refractivity contribution in [1.82, 2.24) is 5.32 Å². The third-order valence-electron chi connectivity index (χ3n) is 0.928. The van der Waals surface area contributed by atoms with Crippen molar-refractivity contribution < 1.29 is 48.3 Å². The zero-order valence-electron chi connectivity index (χ0n) is 7.49. The van der Waals surface area contributed by atoms with Gasteiger partial charge in [0, 0.05) is 7.05 Å². The van der Waals surface area contributed by atoms with Crippen LogP contribution in [0.4, 0.5) is 4.79 Å². The monoisotopic (exact) mass is 203 g/mol. The predicted octanol–water partition coefficient (Wildman–Crippen LogP) is -2.69. The summed E-state index contributed by atoms with van der Waals surface area (Å²) in [6.45, 7) is 1.80. The molecule has 0 fully saturated rings. The Bertz CT molecular complexity index is 186. The van der Waals surface area contributed by atoms with Crippen LogP contribution in [0, 0.1) is 0 Å². The second-order valence-corrected chi connectivity index (χ2v) is 3.55. The number of rotatable bonds is 4. The smallest absolute Gasteiger partial charge is 0.772 e. The first-order valence-electron chi connectivity index (χ1n) is 3.22. The molecule has 1 unspecified atom stereocenters. The van der Waals surface area contributed by atoms with E-state index in [1.54, 1.807) is 6.92 Å². The van der Waals surface area contributed by atoms with Crippen LogP contribution < -0.4 is 39.8 Å². The fraction of sp³-hybridized carbons (Fsp3) is 0.800. The molecule has 0 saturated heterocycles. The molecular formula is C5H11NNaO4P. The van der Waals surface area contributed by atoms with Crippen molar-refractivity contribution in [2.75, 3.05) is 13.7 Å². The molecule has 0 saturated carbocycles. The van der Waals surface area contributed by atoms with Gasteiger partial charge >= 0.3 is 29.6 Å². The summed E-state index contributed by atoms with van der Waals surface area (Å²) in [6, 6.07) is 0. The molecule has 0 aliphatic rings. The van der Waals surface area contributed by atoms with Gasteiger partial charge < -0.3 is 14.7 Å². The Balaban J connectivity index is 0. The Hall–Kier alpha value is 0.620. The maximum atomic E-state index is 10.7. The molecule has 0 spiro atoms. The van der Waals surface area contributed by atoms with E-state index in [9.17, 15) is 14.3 Å². The molecule has 12 heavy (non-hydrogen) atoms. The van der Waals surface area contributed by atoms with Gasteiger partial charge in [0.15, 0.2) is 0 Å².